The summed E-state index contributed by atoms with van der Waals surface area (Å²) in [6.45, 7) is 10.3. The second-order valence-electron chi connectivity index (χ2n) is 6.90. The lowest BCUT2D eigenvalue weighted by molar-refractivity contribution is 0.0116. The molecular weight excluding hydrogens is 287 g/mol. The van der Waals surface area contributed by atoms with E-state index in [1.807, 2.05) is 0 Å². The van der Waals surface area contributed by atoms with Gasteiger partial charge in [0.25, 0.3) is 5.91 Å². The van der Waals surface area contributed by atoms with E-state index in [1.54, 1.807) is 47.6 Å². The Hall–Kier alpha value is -2.11. The summed E-state index contributed by atoms with van der Waals surface area (Å²) in [6, 6.07) is 5.62. The minimum absolute atomic E-state index is 0.117. The van der Waals surface area contributed by atoms with Gasteiger partial charge < -0.3 is 4.74 Å². The maximum Gasteiger partial charge on any atom is 0.426 e. The SMILES string of the molecule is CC(C)(C)OC(=O)NN(C(=O)c1ccccc1F)C(C)(C)C. The van der Waals surface area contributed by atoms with Crippen molar-refractivity contribution in [2.45, 2.75) is 52.7 Å². The highest BCUT2D eigenvalue weighted by Gasteiger charge is 2.32. The van der Waals surface area contributed by atoms with Crippen LogP contribution in [0.25, 0.3) is 0 Å². The molecule has 0 bridgehead atoms. The molecule has 5 nitrogen and oxygen atoms in total. The van der Waals surface area contributed by atoms with Crippen molar-refractivity contribution in [2.24, 2.45) is 0 Å². The van der Waals surface area contributed by atoms with Crippen LogP contribution in [0.5, 0.6) is 0 Å². The van der Waals surface area contributed by atoms with Gasteiger partial charge in [0.2, 0.25) is 0 Å². The van der Waals surface area contributed by atoms with Gasteiger partial charge in [-0.15, -0.1) is 0 Å². The highest BCUT2D eigenvalue weighted by molar-refractivity contribution is 5.95. The number of carbonyl (C=O) groups excluding carboxylic acids is 2. The van der Waals surface area contributed by atoms with Gasteiger partial charge in [-0.2, -0.15) is 0 Å². The van der Waals surface area contributed by atoms with E-state index in [2.05, 4.69) is 5.43 Å². The molecule has 0 aliphatic rings. The van der Waals surface area contributed by atoms with Crippen molar-refractivity contribution in [3.63, 3.8) is 0 Å². The number of hydrogen-bond donors (Lipinski definition) is 1. The molecule has 0 atom stereocenters. The first-order valence-electron chi connectivity index (χ1n) is 7.00. The van der Waals surface area contributed by atoms with Crippen LogP contribution in [-0.2, 0) is 4.74 Å². The number of carbonyl (C=O) groups is 2. The Morgan fingerprint density at radius 2 is 1.64 bits per heavy atom. The lowest BCUT2D eigenvalue weighted by Crippen LogP contribution is -2.56. The van der Waals surface area contributed by atoms with Crippen LogP contribution >= 0.6 is 0 Å². The largest absolute Gasteiger partial charge is 0.443 e. The van der Waals surface area contributed by atoms with Gasteiger partial charge in [-0.05, 0) is 53.7 Å². The molecule has 0 radical (unpaired) electrons. The second kappa shape index (κ2) is 6.34. The molecule has 122 valence electrons. The van der Waals surface area contributed by atoms with E-state index in [9.17, 15) is 14.0 Å². The summed E-state index contributed by atoms with van der Waals surface area (Å²) in [7, 11) is 0. The first kappa shape index (κ1) is 17.9. The minimum Gasteiger partial charge on any atom is -0.443 e. The molecule has 22 heavy (non-hydrogen) atoms. The maximum absolute atomic E-state index is 13.8. The average Bonchev–Trinajstić information content (AvgIpc) is 2.32. The first-order chi connectivity index (χ1) is 9.92. The predicted molar refractivity (Wildman–Crippen MR) is 81.7 cm³/mol. The van der Waals surface area contributed by atoms with Crippen LogP contribution in [0.1, 0.15) is 51.9 Å². The van der Waals surface area contributed by atoms with Crippen LogP contribution < -0.4 is 5.43 Å². The quantitative estimate of drug-likeness (QED) is 0.808. The lowest BCUT2D eigenvalue weighted by Gasteiger charge is -2.36. The van der Waals surface area contributed by atoms with Crippen molar-refractivity contribution in [1.82, 2.24) is 10.4 Å². The zero-order valence-electron chi connectivity index (χ0n) is 13.9. The molecule has 0 unspecified atom stereocenters. The number of amides is 2. The summed E-state index contributed by atoms with van der Waals surface area (Å²) in [5.74, 6) is -1.29. The van der Waals surface area contributed by atoms with E-state index < -0.39 is 29.0 Å². The first-order valence-corrected chi connectivity index (χ1v) is 7.00. The molecule has 1 aromatic carbocycles. The summed E-state index contributed by atoms with van der Waals surface area (Å²) >= 11 is 0. The normalized spacial score (nSPS) is 11.8. The van der Waals surface area contributed by atoms with Crippen LogP contribution in [0.4, 0.5) is 9.18 Å². The van der Waals surface area contributed by atoms with Gasteiger partial charge in [0.05, 0.1) is 11.1 Å². The molecule has 2 amide bonds. The summed E-state index contributed by atoms with van der Waals surface area (Å²) in [5.41, 5.74) is 0.824. The summed E-state index contributed by atoms with van der Waals surface area (Å²) in [5, 5.41) is 1.07. The Bertz CT molecular complexity index is 559. The van der Waals surface area contributed by atoms with Crippen LogP contribution in [-0.4, -0.2) is 28.1 Å². The van der Waals surface area contributed by atoms with Crippen molar-refractivity contribution in [1.29, 1.82) is 0 Å². The number of nitrogens with one attached hydrogen (secondary N) is 1. The number of rotatable bonds is 1. The van der Waals surface area contributed by atoms with Gasteiger partial charge in [0.15, 0.2) is 0 Å². The fraction of sp³-hybridized carbons (Fsp3) is 0.500. The topological polar surface area (TPSA) is 58.6 Å². The summed E-state index contributed by atoms with van der Waals surface area (Å²) < 4.78 is 18.9. The fourth-order valence-corrected chi connectivity index (χ4v) is 1.67. The zero-order valence-corrected chi connectivity index (χ0v) is 13.9. The van der Waals surface area contributed by atoms with Gasteiger partial charge in [-0.1, -0.05) is 12.1 Å². The molecule has 0 aliphatic carbocycles. The predicted octanol–water partition coefficient (Wildman–Crippen LogP) is 3.51. The minimum atomic E-state index is -0.771. The third-order valence-corrected chi connectivity index (χ3v) is 2.58. The molecule has 0 aromatic heterocycles. The second-order valence-corrected chi connectivity index (χ2v) is 6.90. The van der Waals surface area contributed by atoms with E-state index in [-0.39, 0.29) is 5.56 Å². The van der Waals surface area contributed by atoms with Gasteiger partial charge in [0, 0.05) is 0 Å². The number of halogens is 1. The molecule has 0 heterocycles. The molecule has 0 spiro atoms. The molecular formula is C16H23FN2O3. The standard InChI is InChI=1S/C16H23FN2O3/c1-15(2,3)19(18-14(21)22-16(4,5)6)13(20)11-9-7-8-10-12(11)17/h7-10H,1-6H3,(H,18,21). The number of ether oxygens (including phenoxy) is 1. The molecule has 0 fully saturated rings. The van der Waals surface area contributed by atoms with Crippen molar-refractivity contribution in [3.8, 4) is 0 Å². The van der Waals surface area contributed by atoms with Crippen molar-refractivity contribution in [2.75, 3.05) is 0 Å². The Morgan fingerprint density at radius 3 is 2.09 bits per heavy atom. The van der Waals surface area contributed by atoms with Gasteiger partial charge in [0.1, 0.15) is 11.4 Å². The zero-order chi connectivity index (χ0) is 17.1. The third-order valence-electron chi connectivity index (χ3n) is 2.58. The number of nitrogens with zero attached hydrogens (tertiary/aromatic N) is 1. The van der Waals surface area contributed by atoms with E-state index in [0.29, 0.717) is 0 Å². The van der Waals surface area contributed by atoms with Gasteiger partial charge in [-0.3, -0.25) is 4.79 Å². The van der Waals surface area contributed by atoms with Crippen LogP contribution in [0, 0.1) is 5.82 Å². The Balaban J connectivity index is 3.03. The van der Waals surface area contributed by atoms with Crippen molar-refractivity contribution in [3.05, 3.63) is 35.6 Å². The highest BCUT2D eigenvalue weighted by Crippen LogP contribution is 2.18. The molecule has 1 rings (SSSR count). The molecule has 0 aliphatic heterocycles. The summed E-state index contributed by atoms with van der Waals surface area (Å²) in [6.07, 6.45) is -0.771. The fourth-order valence-electron chi connectivity index (χ4n) is 1.67. The molecule has 0 saturated carbocycles. The Morgan fingerprint density at radius 1 is 1.09 bits per heavy atom. The molecule has 1 aromatic rings. The van der Waals surface area contributed by atoms with Crippen molar-refractivity contribution >= 4 is 12.0 Å². The average molecular weight is 310 g/mol. The van der Waals surface area contributed by atoms with Gasteiger partial charge in [-0.25, -0.2) is 19.6 Å². The smallest absolute Gasteiger partial charge is 0.426 e. The maximum atomic E-state index is 13.8. The van der Waals surface area contributed by atoms with E-state index >= 15 is 0 Å². The Labute approximate surface area is 130 Å². The van der Waals surface area contributed by atoms with Crippen LogP contribution in [0.3, 0.4) is 0 Å². The van der Waals surface area contributed by atoms with E-state index in [4.69, 9.17) is 4.74 Å². The van der Waals surface area contributed by atoms with Crippen molar-refractivity contribution < 1.29 is 18.7 Å². The van der Waals surface area contributed by atoms with Gasteiger partial charge >= 0.3 is 6.09 Å². The van der Waals surface area contributed by atoms with E-state index in [1.165, 1.54) is 18.2 Å². The molecule has 1 N–H and O–H groups in total. The number of hydrogen-bond acceptors (Lipinski definition) is 3. The number of benzene rings is 1. The lowest BCUT2D eigenvalue weighted by atomic mass is 10.1. The molecule has 0 saturated heterocycles. The van der Waals surface area contributed by atoms with E-state index in [0.717, 1.165) is 5.01 Å². The monoisotopic (exact) mass is 310 g/mol. The highest BCUT2D eigenvalue weighted by atomic mass is 19.1. The van der Waals surface area contributed by atoms with Crippen LogP contribution in [0.15, 0.2) is 24.3 Å². The number of hydrazine groups is 1. The Kier molecular flexibility index (Phi) is 5.17. The summed E-state index contributed by atoms with van der Waals surface area (Å²) in [4.78, 5) is 24.4. The third kappa shape index (κ3) is 5.02. The molecule has 6 heteroatoms. The van der Waals surface area contributed by atoms with Crippen LogP contribution in [0.2, 0.25) is 0 Å².